The maximum atomic E-state index is 13.2. The fourth-order valence-corrected chi connectivity index (χ4v) is 3.97. The molecule has 0 bridgehead atoms. The third-order valence-electron chi connectivity index (χ3n) is 5.45. The van der Waals surface area contributed by atoms with Gasteiger partial charge in [-0.15, -0.1) is 0 Å². The Morgan fingerprint density at radius 3 is 2.55 bits per heavy atom. The van der Waals surface area contributed by atoms with E-state index in [1.807, 2.05) is 47.4 Å². The molecule has 4 rings (SSSR count). The number of ether oxygens (including phenoxy) is 1. The number of rotatable bonds is 6. The number of carbonyl (C=O) groups excluding carboxylic acids is 1. The highest BCUT2D eigenvalue weighted by Gasteiger charge is 2.31. The van der Waals surface area contributed by atoms with Crippen LogP contribution in [0.15, 0.2) is 77.4 Å². The zero-order valence-corrected chi connectivity index (χ0v) is 16.7. The first kappa shape index (κ1) is 19.3. The molecule has 1 aliphatic heterocycles. The van der Waals surface area contributed by atoms with E-state index in [1.54, 1.807) is 25.5 Å². The van der Waals surface area contributed by atoms with Gasteiger partial charge >= 0.3 is 0 Å². The third-order valence-corrected chi connectivity index (χ3v) is 5.45. The molecular formula is C24H26N2O3. The van der Waals surface area contributed by atoms with Gasteiger partial charge in [-0.05, 0) is 54.8 Å². The number of hydrogen-bond acceptors (Lipinski definition) is 4. The highest BCUT2D eigenvalue weighted by molar-refractivity contribution is 6.04. The van der Waals surface area contributed by atoms with Crippen molar-refractivity contribution in [2.75, 3.05) is 25.1 Å². The molecule has 0 N–H and O–H groups in total. The number of hydrogen-bond donors (Lipinski definition) is 0. The largest absolute Gasteiger partial charge is 0.497 e. The molecule has 2 aromatic carbocycles. The van der Waals surface area contributed by atoms with E-state index in [1.165, 1.54) is 5.56 Å². The highest BCUT2D eigenvalue weighted by atomic mass is 16.5. The maximum absolute atomic E-state index is 13.2. The number of benzene rings is 2. The molecule has 0 saturated carbocycles. The Hall–Kier alpha value is -3.05. The number of amides is 1. The second kappa shape index (κ2) is 8.97. The smallest absolute Gasteiger partial charge is 0.294 e. The Labute approximate surface area is 171 Å². The molecule has 5 nitrogen and oxygen atoms in total. The lowest BCUT2D eigenvalue weighted by Gasteiger charge is -2.38. The molecule has 0 spiro atoms. The van der Waals surface area contributed by atoms with Gasteiger partial charge in [-0.1, -0.05) is 30.3 Å². The SMILES string of the molecule is COc1cccc(CN2CCC(N(C(=O)c3ccco3)c3ccccc3)CC2)c1. The van der Waals surface area contributed by atoms with Crippen LogP contribution in [-0.4, -0.2) is 37.0 Å². The predicted octanol–water partition coefficient (Wildman–Crippen LogP) is 4.60. The van der Waals surface area contributed by atoms with Crippen LogP contribution in [0, 0.1) is 0 Å². The molecule has 1 fully saturated rings. The van der Waals surface area contributed by atoms with Crippen LogP contribution in [0.3, 0.4) is 0 Å². The van der Waals surface area contributed by atoms with Gasteiger partial charge in [0, 0.05) is 31.4 Å². The molecule has 0 atom stereocenters. The summed E-state index contributed by atoms with van der Waals surface area (Å²) in [6, 6.07) is 21.7. The molecule has 0 unspecified atom stereocenters. The predicted molar refractivity (Wildman–Crippen MR) is 113 cm³/mol. The van der Waals surface area contributed by atoms with Crippen molar-refractivity contribution in [1.29, 1.82) is 0 Å². The van der Waals surface area contributed by atoms with Gasteiger partial charge < -0.3 is 14.1 Å². The average molecular weight is 390 g/mol. The molecule has 3 aromatic rings. The summed E-state index contributed by atoms with van der Waals surface area (Å²) < 4.78 is 10.7. The van der Waals surface area contributed by atoms with Crippen LogP contribution < -0.4 is 9.64 Å². The first-order valence-electron chi connectivity index (χ1n) is 10.0. The Morgan fingerprint density at radius 2 is 1.86 bits per heavy atom. The van der Waals surface area contributed by atoms with Crippen molar-refractivity contribution in [3.8, 4) is 5.75 Å². The molecule has 0 radical (unpaired) electrons. The number of likely N-dealkylation sites (tertiary alicyclic amines) is 1. The fourth-order valence-electron chi connectivity index (χ4n) is 3.97. The summed E-state index contributed by atoms with van der Waals surface area (Å²) in [5.74, 6) is 1.19. The summed E-state index contributed by atoms with van der Waals surface area (Å²) in [4.78, 5) is 17.5. The Kier molecular flexibility index (Phi) is 5.96. The number of furan rings is 1. The van der Waals surface area contributed by atoms with Crippen molar-refractivity contribution in [3.05, 3.63) is 84.3 Å². The zero-order valence-electron chi connectivity index (χ0n) is 16.7. The van der Waals surface area contributed by atoms with Gasteiger partial charge in [0.1, 0.15) is 5.75 Å². The number of nitrogens with zero attached hydrogens (tertiary/aromatic N) is 2. The van der Waals surface area contributed by atoms with Crippen LogP contribution in [0.1, 0.15) is 29.0 Å². The third kappa shape index (κ3) is 4.51. The number of anilines is 1. The van der Waals surface area contributed by atoms with Crippen LogP contribution >= 0.6 is 0 Å². The van der Waals surface area contributed by atoms with E-state index in [-0.39, 0.29) is 11.9 Å². The van der Waals surface area contributed by atoms with Crippen LogP contribution in [0.4, 0.5) is 5.69 Å². The van der Waals surface area contributed by atoms with E-state index in [0.29, 0.717) is 5.76 Å². The lowest BCUT2D eigenvalue weighted by atomic mass is 10.0. The van der Waals surface area contributed by atoms with E-state index in [4.69, 9.17) is 9.15 Å². The zero-order chi connectivity index (χ0) is 20.1. The summed E-state index contributed by atoms with van der Waals surface area (Å²) in [5.41, 5.74) is 2.16. The number of para-hydroxylation sites is 1. The summed E-state index contributed by atoms with van der Waals surface area (Å²) in [7, 11) is 1.69. The molecule has 1 aliphatic rings. The maximum Gasteiger partial charge on any atom is 0.294 e. The minimum atomic E-state index is -0.0764. The van der Waals surface area contributed by atoms with Crippen LogP contribution in [-0.2, 0) is 6.54 Å². The highest BCUT2D eigenvalue weighted by Crippen LogP contribution is 2.27. The normalized spacial score (nSPS) is 15.2. The van der Waals surface area contributed by atoms with Gasteiger partial charge in [0.05, 0.1) is 13.4 Å². The van der Waals surface area contributed by atoms with Crippen molar-refractivity contribution >= 4 is 11.6 Å². The molecule has 1 amide bonds. The van der Waals surface area contributed by atoms with Crippen molar-refractivity contribution in [3.63, 3.8) is 0 Å². The van der Waals surface area contributed by atoms with Gasteiger partial charge in [0.25, 0.3) is 5.91 Å². The summed E-state index contributed by atoms with van der Waals surface area (Å²) in [6.07, 6.45) is 3.39. The van der Waals surface area contributed by atoms with E-state index >= 15 is 0 Å². The molecular weight excluding hydrogens is 364 g/mol. The molecule has 29 heavy (non-hydrogen) atoms. The summed E-state index contributed by atoms with van der Waals surface area (Å²) in [6.45, 7) is 2.77. The lowest BCUT2D eigenvalue weighted by molar-refractivity contribution is 0.0931. The summed E-state index contributed by atoms with van der Waals surface area (Å²) >= 11 is 0. The molecule has 1 saturated heterocycles. The van der Waals surface area contributed by atoms with E-state index in [9.17, 15) is 4.79 Å². The van der Waals surface area contributed by atoms with Gasteiger partial charge in [-0.3, -0.25) is 9.69 Å². The monoisotopic (exact) mass is 390 g/mol. The number of piperidine rings is 1. The second-order valence-corrected chi connectivity index (χ2v) is 7.35. The quantitative estimate of drug-likeness (QED) is 0.617. The number of methoxy groups -OCH3 is 1. The lowest BCUT2D eigenvalue weighted by Crippen LogP contribution is -2.47. The van der Waals surface area contributed by atoms with Gasteiger partial charge in [0.2, 0.25) is 0 Å². The van der Waals surface area contributed by atoms with E-state index in [0.717, 1.165) is 43.9 Å². The second-order valence-electron chi connectivity index (χ2n) is 7.35. The van der Waals surface area contributed by atoms with Crippen molar-refractivity contribution < 1.29 is 13.9 Å². The Bertz CT molecular complexity index is 916. The standard InChI is InChI=1S/C24H26N2O3/c1-28-22-10-5-7-19(17-22)18-25-14-12-21(13-15-25)26(20-8-3-2-4-9-20)24(27)23-11-6-16-29-23/h2-11,16-17,21H,12-15,18H2,1H3. The molecule has 2 heterocycles. The van der Waals surface area contributed by atoms with Gasteiger partial charge in [-0.25, -0.2) is 0 Å². The molecule has 150 valence electrons. The van der Waals surface area contributed by atoms with Crippen LogP contribution in [0.25, 0.3) is 0 Å². The molecule has 0 aliphatic carbocycles. The minimum Gasteiger partial charge on any atom is -0.497 e. The Balaban J connectivity index is 1.46. The van der Waals surface area contributed by atoms with Crippen LogP contribution in [0.5, 0.6) is 5.75 Å². The summed E-state index contributed by atoms with van der Waals surface area (Å²) in [5, 5.41) is 0. The first-order valence-corrected chi connectivity index (χ1v) is 10.0. The van der Waals surface area contributed by atoms with E-state index in [2.05, 4.69) is 17.0 Å². The Morgan fingerprint density at radius 1 is 1.07 bits per heavy atom. The van der Waals surface area contributed by atoms with E-state index < -0.39 is 0 Å². The molecule has 1 aromatic heterocycles. The number of carbonyl (C=O) groups is 1. The van der Waals surface area contributed by atoms with Crippen molar-refractivity contribution in [1.82, 2.24) is 4.90 Å². The fraction of sp³-hybridized carbons (Fsp3) is 0.292. The minimum absolute atomic E-state index is 0.0764. The van der Waals surface area contributed by atoms with Crippen molar-refractivity contribution in [2.24, 2.45) is 0 Å². The van der Waals surface area contributed by atoms with Gasteiger partial charge in [0.15, 0.2) is 5.76 Å². The first-order chi connectivity index (χ1) is 14.2. The average Bonchev–Trinajstić information content (AvgIpc) is 3.31. The topological polar surface area (TPSA) is 45.9 Å². The van der Waals surface area contributed by atoms with Gasteiger partial charge in [-0.2, -0.15) is 0 Å². The van der Waals surface area contributed by atoms with Crippen molar-refractivity contribution in [2.45, 2.75) is 25.4 Å². The molecule has 5 heteroatoms. The van der Waals surface area contributed by atoms with Crippen LogP contribution in [0.2, 0.25) is 0 Å².